The summed E-state index contributed by atoms with van der Waals surface area (Å²) in [7, 11) is 1.68. The van der Waals surface area contributed by atoms with Crippen LogP contribution in [0.5, 0.6) is 0 Å². The van der Waals surface area contributed by atoms with Gasteiger partial charge in [-0.1, -0.05) is 11.6 Å². The zero-order valence-electron chi connectivity index (χ0n) is 8.74. The Labute approximate surface area is 98.3 Å². The lowest BCUT2D eigenvalue weighted by atomic mass is 10.1. The highest BCUT2D eigenvalue weighted by molar-refractivity contribution is 7.16. The Balaban J connectivity index is 2.68. The van der Waals surface area contributed by atoms with E-state index < -0.39 is 0 Å². The molecule has 5 heteroatoms. The summed E-state index contributed by atoms with van der Waals surface area (Å²) >= 11 is 7.22. The number of halogens is 1. The lowest BCUT2D eigenvalue weighted by Crippen LogP contribution is -2.32. The molecule has 0 aromatic carbocycles. The number of hydrogen-bond acceptors (Lipinski definition) is 3. The average molecular weight is 248 g/mol. The second-order valence-electron chi connectivity index (χ2n) is 3.35. The summed E-state index contributed by atoms with van der Waals surface area (Å²) in [6.45, 7) is 2.20. The first-order valence-corrected chi connectivity index (χ1v) is 5.86. The molecule has 0 aliphatic rings. The van der Waals surface area contributed by atoms with Gasteiger partial charge in [0.1, 0.15) is 0 Å². The Bertz CT molecular complexity index is 340. The summed E-state index contributed by atoms with van der Waals surface area (Å²) < 4.78 is 0.689. The molecule has 1 atom stereocenters. The van der Waals surface area contributed by atoms with E-state index in [0.717, 1.165) is 4.88 Å². The van der Waals surface area contributed by atoms with Crippen molar-refractivity contribution in [3.8, 4) is 0 Å². The lowest BCUT2D eigenvalue weighted by molar-refractivity contribution is -0.131. The van der Waals surface area contributed by atoms with Gasteiger partial charge in [-0.2, -0.15) is 0 Å². The van der Waals surface area contributed by atoms with Crippen LogP contribution >= 0.6 is 22.9 Å². The summed E-state index contributed by atoms with van der Waals surface area (Å²) in [5.74, 6) is -0.193. The molecule has 1 unspecified atom stereocenters. The van der Waals surface area contributed by atoms with Gasteiger partial charge in [-0.05, 0) is 19.1 Å². The third kappa shape index (κ3) is 3.19. The van der Waals surface area contributed by atoms with Crippen LogP contribution in [0.4, 0.5) is 0 Å². The molecule has 0 fully saturated rings. The van der Waals surface area contributed by atoms with Crippen LogP contribution in [0, 0.1) is 0 Å². The van der Waals surface area contributed by atoms with Gasteiger partial charge in [0.05, 0.1) is 16.9 Å². The number of carbonyl (C=O) groups is 1. The molecule has 1 rings (SSSR count). The van der Waals surface area contributed by atoms with E-state index >= 15 is 0 Å². The van der Waals surface area contributed by atoms with Crippen LogP contribution < -0.4 is 0 Å². The quantitative estimate of drug-likeness (QED) is 0.884. The number of nitrogens with zero attached hydrogens (tertiary/aromatic N) is 1. The van der Waals surface area contributed by atoms with E-state index in [1.54, 1.807) is 13.1 Å². The van der Waals surface area contributed by atoms with Crippen molar-refractivity contribution in [1.29, 1.82) is 0 Å². The number of amides is 1. The molecule has 0 aliphatic carbocycles. The van der Waals surface area contributed by atoms with Crippen molar-refractivity contribution < 1.29 is 9.90 Å². The molecule has 0 saturated carbocycles. The molecule has 1 heterocycles. The summed E-state index contributed by atoms with van der Waals surface area (Å²) in [5, 5.41) is 8.73. The summed E-state index contributed by atoms with van der Waals surface area (Å²) in [6.07, 6.45) is 0. The molecule has 1 aromatic heterocycles. The molecule has 0 bridgehead atoms. The maximum Gasteiger partial charge on any atom is 0.230 e. The van der Waals surface area contributed by atoms with Crippen LogP contribution in [0.2, 0.25) is 4.34 Å². The number of aliphatic hydroxyl groups is 1. The third-order valence-corrected chi connectivity index (χ3v) is 3.62. The molecule has 1 aromatic rings. The maximum absolute atomic E-state index is 11.8. The number of rotatable bonds is 4. The minimum Gasteiger partial charge on any atom is -0.395 e. The first-order valence-electron chi connectivity index (χ1n) is 4.67. The Kier molecular flexibility index (Phi) is 4.57. The Morgan fingerprint density at radius 1 is 1.67 bits per heavy atom. The van der Waals surface area contributed by atoms with Gasteiger partial charge < -0.3 is 10.0 Å². The lowest BCUT2D eigenvalue weighted by Gasteiger charge is -2.19. The fourth-order valence-corrected chi connectivity index (χ4v) is 2.38. The van der Waals surface area contributed by atoms with Crippen LogP contribution in [-0.2, 0) is 4.79 Å². The molecule has 84 valence electrons. The highest BCUT2D eigenvalue weighted by Crippen LogP contribution is 2.28. The van der Waals surface area contributed by atoms with Crippen LogP contribution in [0.1, 0.15) is 17.7 Å². The van der Waals surface area contributed by atoms with Gasteiger partial charge in [-0.15, -0.1) is 11.3 Å². The number of thiophene rings is 1. The molecular weight excluding hydrogens is 234 g/mol. The standard InChI is InChI=1S/C10H14ClNO2S/c1-7(8-3-4-9(11)15-8)10(14)12(2)5-6-13/h3-4,7,13H,5-6H2,1-2H3. The minimum atomic E-state index is -0.195. The number of aliphatic hydroxyl groups excluding tert-OH is 1. The highest BCUT2D eigenvalue weighted by atomic mass is 35.5. The molecule has 0 radical (unpaired) electrons. The normalized spacial score (nSPS) is 12.5. The van der Waals surface area contributed by atoms with Crippen molar-refractivity contribution in [3.05, 3.63) is 21.3 Å². The van der Waals surface area contributed by atoms with Gasteiger partial charge in [-0.25, -0.2) is 0 Å². The number of carbonyl (C=O) groups excluding carboxylic acids is 1. The van der Waals surface area contributed by atoms with Crippen LogP contribution in [0.25, 0.3) is 0 Å². The van der Waals surface area contributed by atoms with Gasteiger partial charge in [0.25, 0.3) is 0 Å². The smallest absolute Gasteiger partial charge is 0.230 e. The molecule has 15 heavy (non-hydrogen) atoms. The second-order valence-corrected chi connectivity index (χ2v) is 5.09. The van der Waals surface area contributed by atoms with Crippen molar-refractivity contribution in [1.82, 2.24) is 4.90 Å². The SMILES string of the molecule is CC(C(=O)N(C)CCO)c1ccc(Cl)s1. The van der Waals surface area contributed by atoms with Gasteiger partial charge in [-0.3, -0.25) is 4.79 Å². The topological polar surface area (TPSA) is 40.5 Å². The largest absolute Gasteiger partial charge is 0.395 e. The molecule has 0 aliphatic heterocycles. The minimum absolute atomic E-state index is 0.00238. The number of hydrogen-bond donors (Lipinski definition) is 1. The molecule has 0 saturated heterocycles. The highest BCUT2D eigenvalue weighted by Gasteiger charge is 2.20. The zero-order chi connectivity index (χ0) is 11.4. The molecular formula is C10H14ClNO2S. The summed E-state index contributed by atoms with van der Waals surface area (Å²) in [6, 6.07) is 3.65. The van der Waals surface area contributed by atoms with Crippen molar-refractivity contribution in [2.24, 2.45) is 0 Å². The van der Waals surface area contributed by atoms with Gasteiger partial charge in [0.2, 0.25) is 5.91 Å². The third-order valence-electron chi connectivity index (χ3n) is 2.20. The van der Waals surface area contributed by atoms with Crippen LogP contribution in [0.3, 0.4) is 0 Å². The van der Waals surface area contributed by atoms with Gasteiger partial charge in [0.15, 0.2) is 0 Å². The molecule has 1 N–H and O–H groups in total. The number of likely N-dealkylation sites (N-methyl/N-ethyl adjacent to an activating group) is 1. The van der Waals surface area contributed by atoms with E-state index in [1.807, 2.05) is 13.0 Å². The summed E-state index contributed by atoms with van der Waals surface area (Å²) in [4.78, 5) is 14.3. The predicted octanol–water partition coefficient (Wildman–Crippen LogP) is 1.96. The van der Waals surface area contributed by atoms with E-state index in [-0.39, 0.29) is 18.4 Å². The first kappa shape index (κ1) is 12.5. The van der Waals surface area contributed by atoms with E-state index in [2.05, 4.69) is 0 Å². The van der Waals surface area contributed by atoms with E-state index in [0.29, 0.717) is 10.9 Å². The molecule has 1 amide bonds. The van der Waals surface area contributed by atoms with Gasteiger partial charge >= 0.3 is 0 Å². The Morgan fingerprint density at radius 3 is 2.80 bits per heavy atom. The maximum atomic E-state index is 11.8. The molecule has 0 spiro atoms. The average Bonchev–Trinajstić information content (AvgIpc) is 2.63. The molecule has 3 nitrogen and oxygen atoms in total. The summed E-state index contributed by atoms with van der Waals surface area (Å²) in [5.41, 5.74) is 0. The van der Waals surface area contributed by atoms with Crippen molar-refractivity contribution in [2.75, 3.05) is 20.2 Å². The zero-order valence-corrected chi connectivity index (χ0v) is 10.3. The van der Waals surface area contributed by atoms with E-state index in [9.17, 15) is 4.79 Å². The van der Waals surface area contributed by atoms with Crippen molar-refractivity contribution >= 4 is 28.8 Å². The van der Waals surface area contributed by atoms with E-state index in [1.165, 1.54) is 16.2 Å². The van der Waals surface area contributed by atoms with Gasteiger partial charge in [0, 0.05) is 18.5 Å². The van der Waals surface area contributed by atoms with E-state index in [4.69, 9.17) is 16.7 Å². The van der Waals surface area contributed by atoms with Crippen LogP contribution in [-0.4, -0.2) is 36.1 Å². The Hall–Kier alpha value is -0.580. The van der Waals surface area contributed by atoms with Crippen LogP contribution in [0.15, 0.2) is 12.1 Å². The fraction of sp³-hybridized carbons (Fsp3) is 0.500. The predicted molar refractivity (Wildman–Crippen MR) is 62.5 cm³/mol. The van der Waals surface area contributed by atoms with Crippen molar-refractivity contribution in [3.63, 3.8) is 0 Å². The monoisotopic (exact) mass is 247 g/mol. The Morgan fingerprint density at radius 2 is 2.33 bits per heavy atom. The van der Waals surface area contributed by atoms with Crippen molar-refractivity contribution in [2.45, 2.75) is 12.8 Å². The fourth-order valence-electron chi connectivity index (χ4n) is 1.27. The second kappa shape index (κ2) is 5.49. The first-order chi connectivity index (χ1) is 7.06.